The van der Waals surface area contributed by atoms with Gasteiger partial charge in [0.25, 0.3) is 0 Å². The predicted molar refractivity (Wildman–Crippen MR) is 75.9 cm³/mol. The number of nitrogens with two attached hydrogens (primary N) is 1. The quantitative estimate of drug-likeness (QED) is 0.789. The van der Waals surface area contributed by atoms with E-state index in [1.165, 1.54) is 18.5 Å². The van der Waals surface area contributed by atoms with E-state index in [4.69, 9.17) is 11.0 Å². The monoisotopic (exact) mass is 256 g/mol. The summed E-state index contributed by atoms with van der Waals surface area (Å²) in [4.78, 5) is 2.37. The fourth-order valence-electron chi connectivity index (χ4n) is 3.39. The maximum absolute atomic E-state index is 8.84. The van der Waals surface area contributed by atoms with Gasteiger partial charge < -0.3 is 16.0 Å². The van der Waals surface area contributed by atoms with E-state index < -0.39 is 0 Å². The first kappa shape index (κ1) is 12.5. The first-order chi connectivity index (χ1) is 9.23. The third kappa shape index (κ3) is 2.20. The highest BCUT2D eigenvalue weighted by Crippen LogP contribution is 2.39. The summed E-state index contributed by atoms with van der Waals surface area (Å²) in [7, 11) is 0. The van der Waals surface area contributed by atoms with Crippen LogP contribution in [0.2, 0.25) is 0 Å². The number of rotatable bonds is 1. The average molecular weight is 256 g/mol. The van der Waals surface area contributed by atoms with Crippen molar-refractivity contribution in [2.24, 2.45) is 11.1 Å². The van der Waals surface area contributed by atoms with E-state index in [0.29, 0.717) is 5.56 Å². The second-order valence-electron chi connectivity index (χ2n) is 5.76. The highest BCUT2D eigenvalue weighted by molar-refractivity contribution is 5.51. The third-order valence-electron chi connectivity index (χ3n) is 4.67. The molecule has 1 atom stereocenters. The van der Waals surface area contributed by atoms with Crippen LogP contribution in [0.15, 0.2) is 24.3 Å². The standard InChI is InChI=1S/C15H20N4/c16-9-12-1-3-13(4-2-12)19-10-14(17)15(11-19)5-7-18-8-6-15/h1-4,14,18H,5-8,10-11,17H2. The summed E-state index contributed by atoms with van der Waals surface area (Å²) in [5.74, 6) is 0. The number of hydrogen-bond donors (Lipinski definition) is 2. The number of piperidine rings is 1. The van der Waals surface area contributed by atoms with E-state index in [1.54, 1.807) is 0 Å². The smallest absolute Gasteiger partial charge is 0.0991 e. The molecule has 2 aliphatic rings. The molecular formula is C15H20N4. The Labute approximate surface area is 114 Å². The maximum Gasteiger partial charge on any atom is 0.0991 e. The fourth-order valence-corrected chi connectivity index (χ4v) is 3.39. The average Bonchev–Trinajstić information content (AvgIpc) is 2.77. The zero-order chi connectivity index (χ0) is 13.3. The van der Waals surface area contributed by atoms with Gasteiger partial charge in [-0.1, -0.05) is 0 Å². The van der Waals surface area contributed by atoms with Crippen LogP contribution in [0.3, 0.4) is 0 Å². The summed E-state index contributed by atoms with van der Waals surface area (Å²) in [6.45, 7) is 4.12. The number of hydrogen-bond acceptors (Lipinski definition) is 4. The Kier molecular flexibility index (Phi) is 3.17. The van der Waals surface area contributed by atoms with Gasteiger partial charge in [-0.25, -0.2) is 0 Å². The van der Waals surface area contributed by atoms with Crippen LogP contribution in [0.1, 0.15) is 18.4 Å². The minimum Gasteiger partial charge on any atom is -0.369 e. The van der Waals surface area contributed by atoms with Gasteiger partial charge in [-0.15, -0.1) is 0 Å². The molecule has 2 aliphatic heterocycles. The molecule has 1 aromatic rings. The molecule has 3 rings (SSSR count). The molecule has 4 heteroatoms. The van der Waals surface area contributed by atoms with Gasteiger partial charge in [0.1, 0.15) is 0 Å². The molecule has 0 saturated carbocycles. The molecule has 0 radical (unpaired) electrons. The molecule has 1 aromatic carbocycles. The molecule has 0 bridgehead atoms. The first-order valence-electron chi connectivity index (χ1n) is 6.95. The highest BCUT2D eigenvalue weighted by atomic mass is 15.2. The number of nitriles is 1. The van der Waals surface area contributed by atoms with Crippen molar-refractivity contribution >= 4 is 5.69 Å². The SMILES string of the molecule is N#Cc1ccc(N2CC(N)C3(CCNCC3)C2)cc1. The normalized spacial score (nSPS) is 25.5. The molecule has 4 nitrogen and oxygen atoms in total. The molecule has 100 valence electrons. The zero-order valence-electron chi connectivity index (χ0n) is 11.1. The summed E-state index contributed by atoms with van der Waals surface area (Å²) in [5.41, 5.74) is 8.58. The van der Waals surface area contributed by atoms with Gasteiger partial charge in [-0.2, -0.15) is 5.26 Å². The fraction of sp³-hybridized carbons (Fsp3) is 0.533. The van der Waals surface area contributed by atoms with Crippen LogP contribution in [0.25, 0.3) is 0 Å². The molecule has 3 N–H and O–H groups in total. The van der Waals surface area contributed by atoms with E-state index in [1.807, 2.05) is 24.3 Å². The molecule has 0 aliphatic carbocycles. The van der Waals surface area contributed by atoms with Crippen molar-refractivity contribution in [3.05, 3.63) is 29.8 Å². The predicted octanol–water partition coefficient (Wildman–Crippen LogP) is 1.08. The Morgan fingerprint density at radius 2 is 1.95 bits per heavy atom. The van der Waals surface area contributed by atoms with Gasteiger partial charge in [0.05, 0.1) is 11.6 Å². The Bertz CT molecular complexity index is 482. The summed E-state index contributed by atoms with van der Waals surface area (Å²) < 4.78 is 0. The van der Waals surface area contributed by atoms with Gasteiger partial charge in [-0.3, -0.25) is 0 Å². The molecular weight excluding hydrogens is 236 g/mol. The second kappa shape index (κ2) is 4.84. The summed E-state index contributed by atoms with van der Waals surface area (Å²) in [6, 6.07) is 10.2. The molecule has 1 spiro atoms. The summed E-state index contributed by atoms with van der Waals surface area (Å²) >= 11 is 0. The van der Waals surface area contributed by atoms with Gasteiger partial charge >= 0.3 is 0 Å². The van der Waals surface area contributed by atoms with Crippen molar-refractivity contribution in [1.29, 1.82) is 5.26 Å². The lowest BCUT2D eigenvalue weighted by atomic mass is 9.75. The summed E-state index contributed by atoms with van der Waals surface area (Å²) in [5, 5.41) is 12.3. The van der Waals surface area contributed by atoms with Crippen LogP contribution in [0.5, 0.6) is 0 Å². The van der Waals surface area contributed by atoms with Crippen LogP contribution in [-0.4, -0.2) is 32.2 Å². The van der Waals surface area contributed by atoms with Crippen molar-refractivity contribution < 1.29 is 0 Å². The molecule has 0 aromatic heterocycles. The number of benzene rings is 1. The molecule has 2 fully saturated rings. The Morgan fingerprint density at radius 3 is 2.58 bits per heavy atom. The van der Waals surface area contributed by atoms with Crippen molar-refractivity contribution in [1.82, 2.24) is 5.32 Å². The lowest BCUT2D eigenvalue weighted by molar-refractivity contribution is 0.205. The van der Waals surface area contributed by atoms with E-state index in [0.717, 1.165) is 26.2 Å². The van der Waals surface area contributed by atoms with Crippen LogP contribution < -0.4 is 16.0 Å². The van der Waals surface area contributed by atoms with E-state index in [-0.39, 0.29) is 11.5 Å². The minimum absolute atomic E-state index is 0.255. The van der Waals surface area contributed by atoms with Crippen LogP contribution in [0, 0.1) is 16.7 Å². The lowest BCUT2D eigenvalue weighted by Crippen LogP contribution is -2.47. The van der Waals surface area contributed by atoms with Gasteiger partial charge in [0, 0.05) is 30.2 Å². The second-order valence-corrected chi connectivity index (χ2v) is 5.76. The van der Waals surface area contributed by atoms with Crippen molar-refractivity contribution in [2.75, 3.05) is 31.1 Å². The molecule has 19 heavy (non-hydrogen) atoms. The highest BCUT2D eigenvalue weighted by Gasteiger charge is 2.45. The van der Waals surface area contributed by atoms with Crippen molar-refractivity contribution in [3.8, 4) is 6.07 Å². The van der Waals surface area contributed by atoms with Crippen LogP contribution in [-0.2, 0) is 0 Å². The van der Waals surface area contributed by atoms with Crippen molar-refractivity contribution in [3.63, 3.8) is 0 Å². The zero-order valence-corrected chi connectivity index (χ0v) is 11.1. The van der Waals surface area contributed by atoms with E-state index >= 15 is 0 Å². The number of anilines is 1. The number of nitrogens with one attached hydrogen (secondary N) is 1. The Balaban J connectivity index is 1.78. The molecule has 1 unspecified atom stereocenters. The van der Waals surface area contributed by atoms with E-state index in [9.17, 15) is 0 Å². The van der Waals surface area contributed by atoms with Gasteiger partial charge in [-0.05, 0) is 50.2 Å². The molecule has 0 amide bonds. The minimum atomic E-state index is 0.255. The van der Waals surface area contributed by atoms with E-state index in [2.05, 4.69) is 16.3 Å². The Morgan fingerprint density at radius 1 is 1.26 bits per heavy atom. The number of nitrogens with zero attached hydrogens (tertiary/aromatic N) is 2. The first-order valence-corrected chi connectivity index (χ1v) is 6.95. The van der Waals surface area contributed by atoms with Crippen LogP contribution >= 0.6 is 0 Å². The molecule has 2 saturated heterocycles. The van der Waals surface area contributed by atoms with Gasteiger partial charge in [0.2, 0.25) is 0 Å². The van der Waals surface area contributed by atoms with Gasteiger partial charge in [0.15, 0.2) is 0 Å². The lowest BCUT2D eigenvalue weighted by Gasteiger charge is -2.36. The van der Waals surface area contributed by atoms with Crippen LogP contribution in [0.4, 0.5) is 5.69 Å². The Hall–Kier alpha value is -1.57. The topological polar surface area (TPSA) is 65.1 Å². The largest absolute Gasteiger partial charge is 0.369 e. The third-order valence-corrected chi connectivity index (χ3v) is 4.67. The molecule has 2 heterocycles. The van der Waals surface area contributed by atoms with Crippen molar-refractivity contribution in [2.45, 2.75) is 18.9 Å². The summed E-state index contributed by atoms with van der Waals surface area (Å²) in [6.07, 6.45) is 2.34. The maximum atomic E-state index is 8.84.